The van der Waals surface area contributed by atoms with Crippen LogP contribution in [0.5, 0.6) is 0 Å². The van der Waals surface area contributed by atoms with Gasteiger partial charge in [0, 0.05) is 17.6 Å². The largest absolute Gasteiger partial charge is 0.351 e. The first-order valence-corrected chi connectivity index (χ1v) is 11.2. The summed E-state index contributed by atoms with van der Waals surface area (Å²) in [5.41, 5.74) is 2.15. The van der Waals surface area contributed by atoms with Gasteiger partial charge >= 0.3 is 0 Å². The number of rotatable bonds is 5. The van der Waals surface area contributed by atoms with E-state index in [1.807, 2.05) is 31.2 Å². The summed E-state index contributed by atoms with van der Waals surface area (Å²) in [6.45, 7) is 2.76. The zero-order chi connectivity index (χ0) is 19.4. The Hall–Kier alpha value is -1.70. The lowest BCUT2D eigenvalue weighted by atomic mass is 10.0. The number of benzene rings is 2. The van der Waals surface area contributed by atoms with Crippen molar-refractivity contribution in [1.82, 2.24) is 9.62 Å². The Kier molecular flexibility index (Phi) is 6.34. The van der Waals surface area contributed by atoms with Crippen LogP contribution in [0.15, 0.2) is 57.9 Å². The molecular weight excluding hydrogens is 428 g/mol. The Morgan fingerprint density at radius 2 is 1.78 bits per heavy atom. The third kappa shape index (κ3) is 4.78. The van der Waals surface area contributed by atoms with E-state index in [4.69, 9.17) is 0 Å². The maximum absolute atomic E-state index is 13.1. The maximum Gasteiger partial charge on any atom is 0.243 e. The first-order chi connectivity index (χ1) is 12.9. The van der Waals surface area contributed by atoms with Crippen LogP contribution in [0.1, 0.15) is 30.4 Å². The summed E-state index contributed by atoms with van der Waals surface area (Å²) >= 11 is 3.32. The summed E-state index contributed by atoms with van der Waals surface area (Å²) in [5, 5.41) is 2.90. The highest BCUT2D eigenvalue weighted by Crippen LogP contribution is 2.26. The molecule has 1 N–H and O–H groups in total. The lowest BCUT2D eigenvalue weighted by Crippen LogP contribution is -2.51. The molecule has 1 aliphatic rings. The van der Waals surface area contributed by atoms with Crippen LogP contribution in [-0.4, -0.2) is 31.2 Å². The first kappa shape index (κ1) is 20.0. The van der Waals surface area contributed by atoms with Crippen molar-refractivity contribution in [2.75, 3.05) is 6.54 Å². The van der Waals surface area contributed by atoms with Crippen LogP contribution < -0.4 is 5.32 Å². The van der Waals surface area contributed by atoms with Gasteiger partial charge in [-0.2, -0.15) is 4.31 Å². The van der Waals surface area contributed by atoms with Crippen molar-refractivity contribution in [1.29, 1.82) is 0 Å². The molecular formula is C20H23BrN2O3S. The van der Waals surface area contributed by atoms with Crippen molar-refractivity contribution in [3.05, 3.63) is 64.1 Å². The van der Waals surface area contributed by atoms with Crippen LogP contribution in [0.2, 0.25) is 0 Å². The van der Waals surface area contributed by atoms with Crippen molar-refractivity contribution in [3.8, 4) is 0 Å². The molecule has 0 aliphatic carbocycles. The molecule has 144 valence electrons. The molecule has 0 unspecified atom stereocenters. The minimum atomic E-state index is -3.71. The van der Waals surface area contributed by atoms with Gasteiger partial charge in [0.05, 0.1) is 4.90 Å². The molecule has 1 fully saturated rings. The zero-order valence-electron chi connectivity index (χ0n) is 15.2. The maximum atomic E-state index is 13.1. The highest BCUT2D eigenvalue weighted by molar-refractivity contribution is 9.10. The van der Waals surface area contributed by atoms with Crippen LogP contribution in [0.25, 0.3) is 0 Å². The summed E-state index contributed by atoms with van der Waals surface area (Å²) in [6.07, 6.45) is 2.14. The van der Waals surface area contributed by atoms with Crippen LogP contribution in [0.3, 0.4) is 0 Å². The quantitative estimate of drug-likeness (QED) is 0.756. The Bertz CT molecular complexity index is 896. The number of carbonyl (C=O) groups is 1. The van der Waals surface area contributed by atoms with Crippen molar-refractivity contribution in [2.24, 2.45) is 0 Å². The van der Waals surface area contributed by atoms with Crippen LogP contribution in [0, 0.1) is 6.92 Å². The number of hydrogen-bond acceptors (Lipinski definition) is 3. The van der Waals surface area contributed by atoms with Gasteiger partial charge in [-0.05, 0) is 49.6 Å². The number of nitrogens with one attached hydrogen (secondary N) is 1. The second-order valence-electron chi connectivity index (χ2n) is 6.78. The summed E-state index contributed by atoms with van der Waals surface area (Å²) in [6, 6.07) is 13.8. The molecule has 1 atom stereocenters. The van der Waals surface area contributed by atoms with Gasteiger partial charge in [0.25, 0.3) is 0 Å². The molecule has 7 heteroatoms. The van der Waals surface area contributed by atoms with E-state index in [0.717, 1.165) is 28.4 Å². The molecule has 0 radical (unpaired) electrons. The van der Waals surface area contributed by atoms with Gasteiger partial charge in [-0.3, -0.25) is 4.79 Å². The number of halogens is 1. The molecule has 1 saturated heterocycles. The van der Waals surface area contributed by atoms with E-state index in [2.05, 4.69) is 21.2 Å². The van der Waals surface area contributed by atoms with Crippen LogP contribution >= 0.6 is 15.9 Å². The molecule has 3 rings (SSSR count). The Balaban J connectivity index is 1.75. The third-order valence-electron chi connectivity index (χ3n) is 4.76. The molecule has 1 heterocycles. The van der Waals surface area contributed by atoms with Crippen molar-refractivity contribution in [2.45, 2.75) is 43.7 Å². The number of piperidine rings is 1. The fourth-order valence-corrected chi connectivity index (χ4v) is 5.13. The number of sulfonamides is 1. The lowest BCUT2D eigenvalue weighted by Gasteiger charge is -2.33. The lowest BCUT2D eigenvalue weighted by molar-refractivity contribution is -0.125. The molecule has 0 saturated carbocycles. The number of carbonyl (C=O) groups excluding carboxylic acids is 1. The van der Waals surface area contributed by atoms with Crippen molar-refractivity contribution >= 4 is 31.9 Å². The molecule has 0 spiro atoms. The van der Waals surface area contributed by atoms with E-state index in [0.29, 0.717) is 19.5 Å². The molecule has 1 amide bonds. The molecule has 2 aromatic carbocycles. The summed E-state index contributed by atoms with van der Waals surface area (Å²) < 4.78 is 28.3. The average molecular weight is 451 g/mol. The fourth-order valence-electron chi connectivity index (χ4n) is 3.21. The predicted octanol–water partition coefficient (Wildman–Crippen LogP) is 3.62. The van der Waals surface area contributed by atoms with Crippen molar-refractivity contribution in [3.63, 3.8) is 0 Å². The number of aryl methyl sites for hydroxylation is 1. The van der Waals surface area contributed by atoms with Gasteiger partial charge in [0.2, 0.25) is 15.9 Å². The molecule has 0 bridgehead atoms. The van der Waals surface area contributed by atoms with Gasteiger partial charge in [-0.25, -0.2) is 8.42 Å². The standard InChI is InChI=1S/C20H23BrN2O3S/c1-15-5-7-16(8-6-15)14-22-20(24)19-4-2-3-13-23(19)27(25,26)18-11-9-17(21)10-12-18/h5-12,19H,2-4,13-14H2,1H3,(H,22,24)/t19-/m1/s1. The Labute approximate surface area is 169 Å². The van der Waals surface area contributed by atoms with E-state index in [1.165, 1.54) is 4.31 Å². The smallest absolute Gasteiger partial charge is 0.243 e. The van der Waals surface area contributed by atoms with Gasteiger partial charge in [-0.15, -0.1) is 0 Å². The van der Waals surface area contributed by atoms with Crippen LogP contribution in [0.4, 0.5) is 0 Å². The minimum Gasteiger partial charge on any atom is -0.351 e. The van der Waals surface area contributed by atoms with E-state index in [9.17, 15) is 13.2 Å². The molecule has 0 aromatic heterocycles. The van der Waals surface area contributed by atoms with Gasteiger partial charge in [0.15, 0.2) is 0 Å². The second kappa shape index (κ2) is 8.54. The highest BCUT2D eigenvalue weighted by atomic mass is 79.9. The minimum absolute atomic E-state index is 0.212. The number of hydrogen-bond donors (Lipinski definition) is 1. The fraction of sp³-hybridized carbons (Fsp3) is 0.350. The van der Waals surface area contributed by atoms with Crippen molar-refractivity contribution < 1.29 is 13.2 Å². The van der Waals surface area contributed by atoms with E-state index in [-0.39, 0.29) is 10.8 Å². The van der Waals surface area contributed by atoms with Gasteiger partial charge in [-0.1, -0.05) is 52.2 Å². The molecule has 27 heavy (non-hydrogen) atoms. The Morgan fingerprint density at radius 3 is 2.44 bits per heavy atom. The van der Waals surface area contributed by atoms with E-state index >= 15 is 0 Å². The highest BCUT2D eigenvalue weighted by Gasteiger charge is 2.37. The summed E-state index contributed by atoms with van der Waals surface area (Å²) in [5.74, 6) is -0.240. The monoisotopic (exact) mass is 450 g/mol. The average Bonchev–Trinajstić information content (AvgIpc) is 2.67. The van der Waals surface area contributed by atoms with Gasteiger partial charge < -0.3 is 5.32 Å². The topological polar surface area (TPSA) is 66.5 Å². The zero-order valence-corrected chi connectivity index (χ0v) is 17.6. The summed E-state index contributed by atoms with van der Waals surface area (Å²) in [4.78, 5) is 13.0. The second-order valence-corrected chi connectivity index (χ2v) is 9.59. The Morgan fingerprint density at radius 1 is 1.11 bits per heavy atom. The molecule has 1 aliphatic heterocycles. The number of amides is 1. The molecule has 5 nitrogen and oxygen atoms in total. The first-order valence-electron chi connectivity index (χ1n) is 8.98. The summed E-state index contributed by atoms with van der Waals surface area (Å²) in [7, 11) is -3.71. The third-order valence-corrected chi connectivity index (χ3v) is 7.21. The number of nitrogens with zero attached hydrogens (tertiary/aromatic N) is 1. The van der Waals surface area contributed by atoms with Crippen LogP contribution in [-0.2, 0) is 21.4 Å². The predicted molar refractivity (Wildman–Crippen MR) is 109 cm³/mol. The van der Waals surface area contributed by atoms with E-state index < -0.39 is 16.1 Å². The normalized spacial score (nSPS) is 18.2. The van der Waals surface area contributed by atoms with E-state index in [1.54, 1.807) is 24.3 Å². The van der Waals surface area contributed by atoms with Gasteiger partial charge in [0.1, 0.15) is 6.04 Å². The SMILES string of the molecule is Cc1ccc(CNC(=O)[C@H]2CCCCN2S(=O)(=O)c2ccc(Br)cc2)cc1. The molecule has 2 aromatic rings.